The highest BCUT2D eigenvalue weighted by Gasteiger charge is 2.40. The van der Waals surface area contributed by atoms with Gasteiger partial charge in [-0.2, -0.15) is 0 Å². The molecule has 31 heavy (non-hydrogen) atoms. The molecule has 0 radical (unpaired) electrons. The molecule has 0 fully saturated rings. The fourth-order valence-electron chi connectivity index (χ4n) is 3.34. The van der Waals surface area contributed by atoms with Crippen molar-refractivity contribution >= 4 is 52.0 Å². The summed E-state index contributed by atoms with van der Waals surface area (Å²) >= 11 is 12.0. The number of para-hydroxylation sites is 2. The standard InChI is InChI=1S/C24H18Cl2N2O3/c1-2-31-20-6-4-3-5-19(20)27-22-21(15-7-9-16(25)10-8-15)23(29)28(24(22)30)18-13-11-17(26)12-14-18/h3-14,27H,2H2,1H3. The minimum Gasteiger partial charge on any atom is -0.492 e. The highest BCUT2D eigenvalue weighted by atomic mass is 35.5. The van der Waals surface area contributed by atoms with E-state index in [0.717, 1.165) is 4.90 Å². The van der Waals surface area contributed by atoms with Crippen LogP contribution in [0.2, 0.25) is 10.0 Å². The Morgan fingerprint density at radius 3 is 2.10 bits per heavy atom. The Balaban J connectivity index is 1.82. The largest absolute Gasteiger partial charge is 0.492 e. The summed E-state index contributed by atoms with van der Waals surface area (Å²) in [6.45, 7) is 2.34. The second-order valence-electron chi connectivity index (χ2n) is 6.73. The van der Waals surface area contributed by atoms with Crippen molar-refractivity contribution in [2.75, 3.05) is 16.8 Å². The summed E-state index contributed by atoms with van der Waals surface area (Å²) in [6.07, 6.45) is 0. The summed E-state index contributed by atoms with van der Waals surface area (Å²) in [6, 6.07) is 20.6. The molecule has 1 heterocycles. The SMILES string of the molecule is CCOc1ccccc1NC1=C(c2ccc(Cl)cc2)C(=O)N(c2ccc(Cl)cc2)C1=O. The quantitative estimate of drug-likeness (QED) is 0.480. The Bertz CT molecular complexity index is 1170. The first-order valence-electron chi connectivity index (χ1n) is 9.63. The van der Waals surface area contributed by atoms with E-state index in [1.54, 1.807) is 60.7 Å². The Kier molecular flexibility index (Phi) is 5.98. The van der Waals surface area contributed by atoms with Crippen LogP contribution in [0.25, 0.3) is 5.57 Å². The fraction of sp³-hybridized carbons (Fsp3) is 0.0833. The molecule has 0 unspecified atom stereocenters. The maximum Gasteiger partial charge on any atom is 0.282 e. The van der Waals surface area contributed by atoms with E-state index in [0.29, 0.717) is 39.3 Å². The summed E-state index contributed by atoms with van der Waals surface area (Å²) in [4.78, 5) is 27.9. The summed E-state index contributed by atoms with van der Waals surface area (Å²) in [5.41, 5.74) is 2.01. The van der Waals surface area contributed by atoms with Crippen molar-refractivity contribution in [2.24, 2.45) is 0 Å². The van der Waals surface area contributed by atoms with E-state index < -0.39 is 11.8 Å². The molecule has 0 saturated heterocycles. The van der Waals surface area contributed by atoms with Crippen molar-refractivity contribution in [1.82, 2.24) is 0 Å². The predicted octanol–water partition coefficient (Wildman–Crippen LogP) is 5.79. The third-order valence-corrected chi connectivity index (χ3v) is 5.25. The van der Waals surface area contributed by atoms with Crippen LogP contribution in [0.4, 0.5) is 11.4 Å². The van der Waals surface area contributed by atoms with Gasteiger partial charge in [-0.05, 0) is 61.0 Å². The molecule has 3 aromatic rings. The van der Waals surface area contributed by atoms with Gasteiger partial charge in [-0.15, -0.1) is 0 Å². The summed E-state index contributed by atoms with van der Waals surface area (Å²) < 4.78 is 5.66. The van der Waals surface area contributed by atoms with Crippen molar-refractivity contribution in [3.8, 4) is 5.75 Å². The number of amides is 2. The molecule has 0 bridgehead atoms. The number of imide groups is 1. The molecule has 3 aromatic carbocycles. The van der Waals surface area contributed by atoms with E-state index in [2.05, 4.69) is 5.32 Å². The van der Waals surface area contributed by atoms with Gasteiger partial charge in [-0.25, -0.2) is 4.90 Å². The van der Waals surface area contributed by atoms with Crippen LogP contribution in [0.3, 0.4) is 0 Å². The summed E-state index contributed by atoms with van der Waals surface area (Å²) in [7, 11) is 0. The maximum atomic E-state index is 13.4. The van der Waals surface area contributed by atoms with Gasteiger partial charge in [0, 0.05) is 10.0 Å². The molecule has 1 aliphatic heterocycles. The highest BCUT2D eigenvalue weighted by Crippen LogP contribution is 2.36. The zero-order valence-electron chi connectivity index (χ0n) is 16.6. The number of ether oxygens (including phenoxy) is 1. The van der Waals surface area contributed by atoms with E-state index in [9.17, 15) is 9.59 Å². The molecule has 4 rings (SSSR count). The molecule has 7 heteroatoms. The van der Waals surface area contributed by atoms with Gasteiger partial charge in [-0.1, -0.05) is 47.5 Å². The first kappa shape index (κ1) is 21.0. The average molecular weight is 453 g/mol. The number of hydrogen-bond acceptors (Lipinski definition) is 4. The number of halogens is 2. The molecule has 0 saturated carbocycles. The molecule has 0 atom stereocenters. The minimum absolute atomic E-state index is 0.162. The fourth-order valence-corrected chi connectivity index (χ4v) is 3.59. The molecular weight excluding hydrogens is 435 g/mol. The third kappa shape index (κ3) is 4.15. The van der Waals surface area contributed by atoms with Crippen molar-refractivity contribution < 1.29 is 14.3 Å². The van der Waals surface area contributed by atoms with Crippen LogP contribution in [0.1, 0.15) is 12.5 Å². The number of hydrogen-bond donors (Lipinski definition) is 1. The van der Waals surface area contributed by atoms with Gasteiger partial charge in [-0.3, -0.25) is 9.59 Å². The lowest BCUT2D eigenvalue weighted by Crippen LogP contribution is -2.32. The van der Waals surface area contributed by atoms with Crippen molar-refractivity contribution in [3.63, 3.8) is 0 Å². The first-order valence-corrected chi connectivity index (χ1v) is 10.4. The number of anilines is 2. The van der Waals surface area contributed by atoms with Crippen LogP contribution >= 0.6 is 23.2 Å². The van der Waals surface area contributed by atoms with Crippen molar-refractivity contribution in [2.45, 2.75) is 6.92 Å². The number of nitrogens with one attached hydrogen (secondary N) is 1. The monoisotopic (exact) mass is 452 g/mol. The van der Waals surface area contributed by atoms with Gasteiger partial charge < -0.3 is 10.1 Å². The Morgan fingerprint density at radius 2 is 1.45 bits per heavy atom. The first-order chi connectivity index (χ1) is 15.0. The van der Waals surface area contributed by atoms with E-state index >= 15 is 0 Å². The van der Waals surface area contributed by atoms with Crippen molar-refractivity contribution in [1.29, 1.82) is 0 Å². The summed E-state index contributed by atoms with van der Waals surface area (Å²) in [5.74, 6) is -0.326. The van der Waals surface area contributed by atoms with E-state index in [-0.39, 0.29) is 11.3 Å². The molecule has 5 nitrogen and oxygen atoms in total. The van der Waals surface area contributed by atoms with Gasteiger partial charge in [0.1, 0.15) is 11.4 Å². The molecule has 0 spiro atoms. The molecular formula is C24H18Cl2N2O3. The Labute approximate surface area is 189 Å². The molecule has 0 aliphatic carbocycles. The average Bonchev–Trinajstić information content (AvgIpc) is 3.01. The lowest BCUT2D eigenvalue weighted by molar-refractivity contribution is -0.120. The molecule has 1 N–H and O–H groups in total. The van der Waals surface area contributed by atoms with E-state index in [1.165, 1.54) is 0 Å². The van der Waals surface area contributed by atoms with E-state index in [4.69, 9.17) is 27.9 Å². The van der Waals surface area contributed by atoms with Crippen molar-refractivity contribution in [3.05, 3.63) is 94.1 Å². The lowest BCUT2D eigenvalue weighted by atomic mass is 10.0. The van der Waals surface area contributed by atoms with Gasteiger partial charge in [0.15, 0.2) is 0 Å². The lowest BCUT2D eigenvalue weighted by Gasteiger charge is -2.16. The number of carbonyl (C=O) groups is 2. The Hall–Kier alpha value is -3.28. The second-order valence-corrected chi connectivity index (χ2v) is 7.61. The number of carbonyl (C=O) groups excluding carboxylic acids is 2. The zero-order chi connectivity index (χ0) is 22.0. The van der Waals surface area contributed by atoms with Crippen LogP contribution in [0, 0.1) is 0 Å². The Morgan fingerprint density at radius 1 is 0.839 bits per heavy atom. The van der Waals surface area contributed by atoms with Gasteiger partial charge in [0.05, 0.1) is 23.6 Å². The van der Waals surface area contributed by atoms with Crippen LogP contribution in [0.5, 0.6) is 5.75 Å². The predicted molar refractivity (Wildman–Crippen MR) is 124 cm³/mol. The number of benzene rings is 3. The summed E-state index contributed by atoms with van der Waals surface area (Å²) in [5, 5.41) is 4.18. The molecule has 156 valence electrons. The van der Waals surface area contributed by atoms with Gasteiger partial charge >= 0.3 is 0 Å². The molecule has 0 aromatic heterocycles. The highest BCUT2D eigenvalue weighted by molar-refractivity contribution is 6.46. The zero-order valence-corrected chi connectivity index (χ0v) is 18.1. The van der Waals surface area contributed by atoms with Crippen LogP contribution in [-0.2, 0) is 9.59 Å². The van der Waals surface area contributed by atoms with Crippen LogP contribution in [0.15, 0.2) is 78.5 Å². The molecule has 1 aliphatic rings. The number of rotatable bonds is 6. The van der Waals surface area contributed by atoms with Crippen LogP contribution < -0.4 is 15.0 Å². The minimum atomic E-state index is -0.469. The maximum absolute atomic E-state index is 13.4. The number of nitrogens with zero attached hydrogens (tertiary/aromatic N) is 1. The normalized spacial score (nSPS) is 13.7. The smallest absolute Gasteiger partial charge is 0.282 e. The van der Waals surface area contributed by atoms with Gasteiger partial charge in [0.2, 0.25) is 0 Å². The third-order valence-electron chi connectivity index (χ3n) is 4.75. The topological polar surface area (TPSA) is 58.6 Å². The molecule has 2 amide bonds. The van der Waals surface area contributed by atoms with Crippen LogP contribution in [-0.4, -0.2) is 18.4 Å². The van der Waals surface area contributed by atoms with E-state index in [1.807, 2.05) is 19.1 Å². The van der Waals surface area contributed by atoms with Gasteiger partial charge in [0.25, 0.3) is 11.8 Å². The second kappa shape index (κ2) is 8.84.